The summed E-state index contributed by atoms with van der Waals surface area (Å²) < 4.78 is 0. The molecule has 0 fully saturated rings. The molecule has 0 radical (unpaired) electrons. The maximum absolute atomic E-state index is 2.42. The fourth-order valence-corrected chi connectivity index (χ4v) is 1.75. The lowest BCUT2D eigenvalue weighted by atomic mass is 9.83. The third-order valence-electron chi connectivity index (χ3n) is 2.86. The third kappa shape index (κ3) is 3.00. The minimum Gasteiger partial charge on any atom is -0.0845 e. The number of rotatable bonds is 5. The van der Waals surface area contributed by atoms with Crippen LogP contribution in [0.4, 0.5) is 0 Å². The van der Waals surface area contributed by atoms with Crippen LogP contribution in [0.25, 0.3) is 0 Å². The van der Waals surface area contributed by atoms with E-state index in [1.807, 2.05) is 0 Å². The molecule has 0 saturated heterocycles. The fourth-order valence-electron chi connectivity index (χ4n) is 1.75. The number of unbranched alkanes of at least 4 members (excludes halogenated alkanes) is 1. The Morgan fingerprint density at radius 3 is 2.58 bits per heavy atom. The van der Waals surface area contributed by atoms with Crippen molar-refractivity contribution in [2.24, 2.45) is 11.8 Å². The molecule has 0 aliphatic heterocycles. The zero-order valence-electron chi connectivity index (χ0n) is 8.77. The summed E-state index contributed by atoms with van der Waals surface area (Å²) in [5.41, 5.74) is 1.72. The largest absolute Gasteiger partial charge is 0.0845 e. The highest BCUT2D eigenvalue weighted by atomic mass is 14.2. The van der Waals surface area contributed by atoms with E-state index in [9.17, 15) is 0 Å². The van der Waals surface area contributed by atoms with Crippen LogP contribution >= 0.6 is 0 Å². The van der Waals surface area contributed by atoms with Crippen molar-refractivity contribution in [1.29, 1.82) is 0 Å². The molecule has 0 aromatic heterocycles. The van der Waals surface area contributed by atoms with E-state index in [-0.39, 0.29) is 0 Å². The quantitative estimate of drug-likeness (QED) is 0.425. The minimum atomic E-state index is 0.887. The van der Waals surface area contributed by atoms with Gasteiger partial charge in [-0.25, -0.2) is 0 Å². The fraction of sp³-hybridized carbons (Fsp3) is 0.833. The molecule has 0 spiro atoms. The molecule has 0 amide bonds. The van der Waals surface area contributed by atoms with Crippen LogP contribution in [0.2, 0.25) is 0 Å². The summed E-state index contributed by atoms with van der Waals surface area (Å²) in [6.45, 7) is 6.97. The van der Waals surface area contributed by atoms with Crippen LogP contribution in [0.3, 0.4) is 0 Å². The van der Waals surface area contributed by atoms with Gasteiger partial charge in [-0.2, -0.15) is 0 Å². The van der Waals surface area contributed by atoms with Gasteiger partial charge in [-0.1, -0.05) is 45.3 Å². The van der Waals surface area contributed by atoms with Crippen molar-refractivity contribution in [1.82, 2.24) is 0 Å². The molecule has 0 heteroatoms. The maximum atomic E-state index is 2.42. The molecular formula is C12H22. The SMILES string of the molecule is CC(C)CCCCC1=CCC1C. The lowest BCUT2D eigenvalue weighted by molar-refractivity contribution is 0.512. The average Bonchev–Trinajstić information content (AvgIpc) is 2.01. The van der Waals surface area contributed by atoms with Gasteiger partial charge >= 0.3 is 0 Å². The van der Waals surface area contributed by atoms with E-state index < -0.39 is 0 Å². The van der Waals surface area contributed by atoms with Crippen molar-refractivity contribution in [2.45, 2.75) is 52.9 Å². The molecule has 12 heavy (non-hydrogen) atoms. The van der Waals surface area contributed by atoms with E-state index in [0.717, 1.165) is 11.8 Å². The first-order valence-corrected chi connectivity index (χ1v) is 5.39. The molecule has 0 bridgehead atoms. The van der Waals surface area contributed by atoms with Crippen molar-refractivity contribution < 1.29 is 0 Å². The van der Waals surface area contributed by atoms with Crippen LogP contribution in [0.15, 0.2) is 11.6 Å². The summed E-state index contributed by atoms with van der Waals surface area (Å²) in [7, 11) is 0. The van der Waals surface area contributed by atoms with Gasteiger partial charge < -0.3 is 0 Å². The average molecular weight is 166 g/mol. The molecular weight excluding hydrogens is 144 g/mol. The summed E-state index contributed by atoms with van der Waals surface area (Å²) in [5.74, 6) is 1.79. The van der Waals surface area contributed by atoms with Gasteiger partial charge in [0, 0.05) is 0 Å². The Bertz CT molecular complexity index is 153. The van der Waals surface area contributed by atoms with Gasteiger partial charge in [0.25, 0.3) is 0 Å². The predicted molar refractivity (Wildman–Crippen MR) is 55.2 cm³/mol. The molecule has 1 rings (SSSR count). The third-order valence-corrected chi connectivity index (χ3v) is 2.86. The van der Waals surface area contributed by atoms with E-state index in [1.165, 1.54) is 32.1 Å². The highest BCUT2D eigenvalue weighted by Gasteiger charge is 2.14. The number of allylic oxidation sites excluding steroid dienone is 2. The normalized spacial score (nSPS) is 22.3. The second-order valence-electron chi connectivity index (χ2n) is 4.56. The van der Waals surface area contributed by atoms with Crippen molar-refractivity contribution in [3.05, 3.63) is 11.6 Å². The van der Waals surface area contributed by atoms with Gasteiger partial charge in [0.05, 0.1) is 0 Å². The van der Waals surface area contributed by atoms with Crippen molar-refractivity contribution in [2.75, 3.05) is 0 Å². The Hall–Kier alpha value is -0.260. The first-order valence-electron chi connectivity index (χ1n) is 5.39. The number of hydrogen-bond donors (Lipinski definition) is 0. The Labute approximate surface area is 77.1 Å². The second kappa shape index (κ2) is 4.69. The number of hydrogen-bond acceptors (Lipinski definition) is 0. The summed E-state index contributed by atoms with van der Waals surface area (Å²) in [5, 5.41) is 0. The predicted octanol–water partition coefficient (Wildman–Crippen LogP) is 4.17. The molecule has 0 nitrogen and oxygen atoms in total. The van der Waals surface area contributed by atoms with Crippen molar-refractivity contribution in [3.8, 4) is 0 Å². The Morgan fingerprint density at radius 1 is 1.42 bits per heavy atom. The zero-order valence-corrected chi connectivity index (χ0v) is 8.77. The van der Waals surface area contributed by atoms with Crippen molar-refractivity contribution in [3.63, 3.8) is 0 Å². The first kappa shape index (κ1) is 9.83. The molecule has 70 valence electrons. The van der Waals surface area contributed by atoms with Crippen LogP contribution in [0, 0.1) is 11.8 Å². The van der Waals surface area contributed by atoms with Crippen LogP contribution < -0.4 is 0 Å². The Morgan fingerprint density at radius 2 is 2.17 bits per heavy atom. The van der Waals surface area contributed by atoms with Crippen LogP contribution in [0.1, 0.15) is 52.9 Å². The topological polar surface area (TPSA) is 0 Å². The molecule has 1 aliphatic carbocycles. The summed E-state index contributed by atoms with van der Waals surface area (Å²) in [6.07, 6.45) is 9.35. The first-order chi connectivity index (χ1) is 5.70. The van der Waals surface area contributed by atoms with Crippen molar-refractivity contribution >= 4 is 0 Å². The molecule has 0 heterocycles. The van der Waals surface area contributed by atoms with Gasteiger partial charge in [0.1, 0.15) is 0 Å². The monoisotopic (exact) mass is 166 g/mol. The van der Waals surface area contributed by atoms with Crippen LogP contribution in [-0.2, 0) is 0 Å². The highest BCUT2D eigenvalue weighted by molar-refractivity contribution is 5.16. The highest BCUT2D eigenvalue weighted by Crippen LogP contribution is 2.30. The summed E-state index contributed by atoms with van der Waals surface area (Å²) >= 11 is 0. The van der Waals surface area contributed by atoms with Gasteiger partial charge in [0.15, 0.2) is 0 Å². The van der Waals surface area contributed by atoms with E-state index in [4.69, 9.17) is 0 Å². The lowest BCUT2D eigenvalue weighted by Crippen LogP contribution is -2.07. The molecule has 1 atom stereocenters. The van der Waals surface area contributed by atoms with E-state index in [1.54, 1.807) is 5.57 Å². The zero-order chi connectivity index (χ0) is 8.97. The summed E-state index contributed by atoms with van der Waals surface area (Å²) in [6, 6.07) is 0. The molecule has 0 aromatic rings. The van der Waals surface area contributed by atoms with Gasteiger partial charge in [-0.3, -0.25) is 0 Å². The van der Waals surface area contributed by atoms with E-state index >= 15 is 0 Å². The molecule has 0 aromatic carbocycles. The van der Waals surface area contributed by atoms with Gasteiger partial charge in [-0.15, -0.1) is 0 Å². The molecule has 0 saturated carbocycles. The molecule has 0 N–H and O–H groups in total. The van der Waals surface area contributed by atoms with Gasteiger partial charge in [0.2, 0.25) is 0 Å². The summed E-state index contributed by atoms with van der Waals surface area (Å²) in [4.78, 5) is 0. The van der Waals surface area contributed by atoms with Crippen LogP contribution in [-0.4, -0.2) is 0 Å². The van der Waals surface area contributed by atoms with E-state index in [2.05, 4.69) is 26.8 Å². The van der Waals surface area contributed by atoms with E-state index in [0.29, 0.717) is 0 Å². The van der Waals surface area contributed by atoms with Gasteiger partial charge in [-0.05, 0) is 31.1 Å². The smallest absolute Gasteiger partial charge is 0.0197 e. The van der Waals surface area contributed by atoms with Crippen LogP contribution in [0.5, 0.6) is 0 Å². The Balaban J connectivity index is 1.96. The second-order valence-corrected chi connectivity index (χ2v) is 4.56. The standard InChI is InChI=1S/C12H22/c1-10(2)6-4-5-7-12-9-8-11(12)3/h9-11H,4-8H2,1-3H3. The molecule has 1 aliphatic rings. The Kier molecular flexibility index (Phi) is 3.84. The lowest BCUT2D eigenvalue weighted by Gasteiger charge is -2.23. The maximum Gasteiger partial charge on any atom is -0.0197 e. The minimum absolute atomic E-state index is 0.887. The molecule has 1 unspecified atom stereocenters.